The highest BCUT2D eigenvalue weighted by Gasteiger charge is 2.40. The number of aromatic hydroxyl groups is 1. The Morgan fingerprint density at radius 1 is 0.656 bits per heavy atom. The van der Waals surface area contributed by atoms with Gasteiger partial charge in [0.05, 0.1) is 12.9 Å². The lowest BCUT2D eigenvalue weighted by molar-refractivity contribution is -0.142. The van der Waals surface area contributed by atoms with Crippen molar-refractivity contribution in [3.63, 3.8) is 0 Å². The molecule has 18 N–H and O–H groups in total. The van der Waals surface area contributed by atoms with Crippen molar-refractivity contribution in [1.82, 2.24) is 72.7 Å². The Labute approximate surface area is 536 Å². The number of fused-ring (bicyclic) bond motifs is 2. The third kappa shape index (κ3) is 18.9. The molecule has 0 saturated carbocycles. The predicted octanol–water partition coefficient (Wildman–Crippen LogP) is -0.760. The number of amides is 10. The number of guanidine groups is 1. The molecule has 0 spiro atoms. The van der Waals surface area contributed by atoms with Gasteiger partial charge in [0.15, 0.2) is 5.96 Å². The first-order valence-electron chi connectivity index (χ1n) is 31.2. The van der Waals surface area contributed by atoms with Crippen molar-refractivity contribution in [3.05, 3.63) is 120 Å². The molecule has 29 heteroatoms. The van der Waals surface area contributed by atoms with Crippen molar-refractivity contribution in [2.75, 3.05) is 26.2 Å². The Hall–Kier alpha value is -10.3. The zero-order valence-corrected chi connectivity index (χ0v) is 52.1. The molecule has 0 aliphatic carbocycles. The molecule has 3 aromatic heterocycles. The van der Waals surface area contributed by atoms with Crippen molar-refractivity contribution >= 4 is 86.8 Å². The van der Waals surface area contributed by atoms with Gasteiger partial charge in [-0.05, 0) is 92.3 Å². The molecule has 10 amide bonds. The number of rotatable bonds is 32. The number of aliphatic imine (C=N–C) groups is 1. The number of nitrogens with one attached hydrogen (secondary N) is 12. The number of imidazole rings is 1. The molecule has 5 heterocycles. The summed E-state index contributed by atoms with van der Waals surface area (Å²) in [6.45, 7) is 5.14. The molecule has 93 heavy (non-hydrogen) atoms. The monoisotopic (exact) mass is 1280 g/mol. The fraction of sp³-hybridized carbons (Fsp3) is 0.438. The third-order valence-corrected chi connectivity index (χ3v) is 16.3. The maximum atomic E-state index is 15.1. The number of aliphatic hydroxyl groups excluding tert-OH is 1. The zero-order chi connectivity index (χ0) is 66.7. The maximum Gasteiger partial charge on any atom is 0.245 e. The van der Waals surface area contributed by atoms with Gasteiger partial charge in [0.25, 0.3) is 0 Å². The number of aromatic nitrogens is 4. The van der Waals surface area contributed by atoms with Gasteiger partial charge in [-0.2, -0.15) is 0 Å². The summed E-state index contributed by atoms with van der Waals surface area (Å²) < 4.78 is 0. The average Bonchev–Trinajstić information content (AvgIpc) is 1.82. The summed E-state index contributed by atoms with van der Waals surface area (Å²) in [4.78, 5) is 160. The molecule has 1 unspecified atom stereocenters. The first-order valence-corrected chi connectivity index (χ1v) is 31.2. The van der Waals surface area contributed by atoms with E-state index in [-0.39, 0.29) is 100 Å². The number of carbonyl (C=O) groups is 10. The van der Waals surface area contributed by atoms with E-state index in [0.29, 0.717) is 63.6 Å². The van der Waals surface area contributed by atoms with Crippen LogP contribution in [0.3, 0.4) is 0 Å². The van der Waals surface area contributed by atoms with Crippen LogP contribution in [0.4, 0.5) is 0 Å². The van der Waals surface area contributed by atoms with Crippen LogP contribution in [0.2, 0.25) is 0 Å². The Bertz CT molecular complexity index is 3640. The van der Waals surface area contributed by atoms with Crippen LogP contribution in [-0.4, -0.2) is 181 Å². The van der Waals surface area contributed by atoms with E-state index in [1.807, 2.05) is 38.1 Å². The molecular weight excluding hydrogens is 1200 g/mol. The van der Waals surface area contributed by atoms with E-state index < -0.39 is 108 Å². The van der Waals surface area contributed by atoms with E-state index in [4.69, 9.17) is 11.5 Å². The van der Waals surface area contributed by atoms with Crippen LogP contribution in [-0.2, 0) is 73.6 Å². The number of phenols is 1. The summed E-state index contributed by atoms with van der Waals surface area (Å²) in [6, 6.07) is 8.42. The minimum absolute atomic E-state index is 0.0647. The molecule has 0 bridgehead atoms. The van der Waals surface area contributed by atoms with Crippen molar-refractivity contribution in [1.29, 1.82) is 0 Å². The molecule has 6 aromatic rings. The number of hydrogen-bond donors (Lipinski definition) is 16. The van der Waals surface area contributed by atoms with Crippen molar-refractivity contribution in [2.45, 2.75) is 146 Å². The Morgan fingerprint density at radius 3 is 1.73 bits per heavy atom. The predicted molar refractivity (Wildman–Crippen MR) is 343 cm³/mol. The minimum Gasteiger partial charge on any atom is -0.508 e. The van der Waals surface area contributed by atoms with Crippen molar-refractivity contribution < 1.29 is 58.2 Å². The van der Waals surface area contributed by atoms with Gasteiger partial charge in [-0.1, -0.05) is 62.4 Å². The van der Waals surface area contributed by atoms with Crippen LogP contribution in [0.1, 0.15) is 88.1 Å². The SMILES string of the molecule is CCNC(=O)C1CCCN1C(=O)[C@H](CCCN=C(N)N)NC(=O)[C@H](CC(C)C)NC(=O)[C@@H](Cc1c[nH]c2ccccc12)NC(=O)[C@H](Cc1ccc(O)cc1)NC(=O)[C@H](CO)NC(=O)[C@H](Cc1c[nH]c2ccccc12)NC(=O)[C@H](Cc1cnc[nH]1)NC(=O)[C@@H]1CCC(=O)N1. The number of hydrogen-bond acceptors (Lipinski definition) is 14. The van der Waals surface area contributed by atoms with Crippen LogP contribution in [0.25, 0.3) is 21.8 Å². The van der Waals surface area contributed by atoms with E-state index in [9.17, 15) is 48.6 Å². The lowest BCUT2D eigenvalue weighted by Gasteiger charge is -2.30. The van der Waals surface area contributed by atoms with E-state index in [0.717, 1.165) is 0 Å². The molecule has 0 radical (unpaired) electrons. The smallest absolute Gasteiger partial charge is 0.245 e. The van der Waals surface area contributed by atoms with Crippen molar-refractivity contribution in [2.24, 2.45) is 22.4 Å². The summed E-state index contributed by atoms with van der Waals surface area (Å²) in [6.07, 6.45) is 7.10. The Kier molecular flexibility index (Phi) is 24.1. The van der Waals surface area contributed by atoms with Gasteiger partial charge in [0, 0.05) is 97.8 Å². The number of nitrogens with two attached hydrogens (primary N) is 2. The summed E-state index contributed by atoms with van der Waals surface area (Å²) in [7, 11) is 0. The number of para-hydroxylation sites is 2. The van der Waals surface area contributed by atoms with E-state index in [1.54, 1.807) is 43.6 Å². The number of aliphatic hydroxyl groups is 1. The van der Waals surface area contributed by atoms with Gasteiger partial charge in [-0.15, -0.1) is 0 Å². The van der Waals surface area contributed by atoms with Crippen LogP contribution in [0.15, 0.2) is 103 Å². The molecule has 3 aromatic carbocycles. The lowest BCUT2D eigenvalue weighted by atomic mass is 9.99. The molecular formula is C64H83N17O12. The second-order valence-electron chi connectivity index (χ2n) is 23.7. The van der Waals surface area contributed by atoms with E-state index in [1.165, 1.54) is 41.7 Å². The van der Waals surface area contributed by atoms with Gasteiger partial charge in [-0.3, -0.25) is 52.9 Å². The van der Waals surface area contributed by atoms with Crippen LogP contribution in [0.5, 0.6) is 5.75 Å². The number of H-pyrrole nitrogens is 3. The fourth-order valence-corrected chi connectivity index (χ4v) is 11.5. The van der Waals surface area contributed by atoms with Crippen LogP contribution < -0.4 is 59.3 Å². The Balaban J connectivity index is 1.05. The first-order chi connectivity index (χ1) is 44.7. The summed E-state index contributed by atoms with van der Waals surface area (Å²) in [5, 5.41) is 47.0. The van der Waals surface area contributed by atoms with Gasteiger partial charge in [0.1, 0.15) is 60.1 Å². The molecule has 8 rings (SSSR count). The highest BCUT2D eigenvalue weighted by Crippen LogP contribution is 2.24. The van der Waals surface area contributed by atoms with Gasteiger partial charge in [0.2, 0.25) is 59.1 Å². The number of benzene rings is 3. The summed E-state index contributed by atoms with van der Waals surface area (Å²) >= 11 is 0. The lowest BCUT2D eigenvalue weighted by Crippen LogP contribution is -2.61. The van der Waals surface area contributed by atoms with Crippen molar-refractivity contribution in [3.8, 4) is 5.75 Å². The molecule has 496 valence electrons. The number of likely N-dealkylation sites (tertiary alicyclic amines) is 1. The topological polar surface area (TPSA) is 447 Å². The standard InChI is InChI=1S/C64H83N17O12/c1-4-68-62(92)53-16-10-24-81(53)63(93)46(15-9-23-69-64(65)66)74-56(86)47(25-35(2)3)75-58(88)49(27-37-30-70-43-13-7-5-11-41(37)43)77-57(87)48(26-36-17-19-40(83)20-18-36)76-61(91)52(33-82)80-59(89)50(28-38-31-71-44-14-8-6-12-42(38)44)78-60(90)51(29-39-32-67-34-72-39)79-55(85)45-21-22-54(84)73-45/h5-8,11-14,17-20,30-32,34-35,45-53,70-71,82-83H,4,9-10,15-16,21-29,33H2,1-3H3,(H,67,72)(H,68,92)(H,73,84)(H,74,86)(H,75,88)(H,76,91)(H,77,87)(H,78,90)(H,79,85)(H,80,89)(H4,65,66,69)/t45-,46-,47-,48-,49+,50-,51-,52-,53?/m0/s1. The molecule has 2 saturated heterocycles. The fourth-order valence-electron chi connectivity index (χ4n) is 11.5. The first kappa shape index (κ1) is 68.6. The van der Waals surface area contributed by atoms with Gasteiger partial charge in [-0.25, -0.2) is 4.98 Å². The molecule has 2 aliphatic rings. The Morgan fingerprint density at radius 2 is 1.19 bits per heavy atom. The van der Waals surface area contributed by atoms with Gasteiger partial charge < -0.3 is 89.4 Å². The number of nitrogens with zero attached hydrogens (tertiary/aromatic N) is 3. The molecule has 2 aliphatic heterocycles. The average molecular weight is 1280 g/mol. The van der Waals surface area contributed by atoms with E-state index in [2.05, 4.69) is 72.8 Å². The minimum atomic E-state index is -1.78. The third-order valence-electron chi connectivity index (χ3n) is 16.3. The number of aromatic amines is 3. The van der Waals surface area contributed by atoms with Gasteiger partial charge >= 0.3 is 0 Å². The largest absolute Gasteiger partial charge is 0.508 e. The molecule has 9 atom stereocenters. The molecule has 2 fully saturated rings. The normalized spacial score (nSPS) is 16.8. The number of carbonyl (C=O) groups excluding carboxylic acids is 10. The second-order valence-corrected chi connectivity index (χ2v) is 23.7. The van der Waals surface area contributed by atoms with E-state index >= 15 is 9.59 Å². The number of likely N-dealkylation sites (N-methyl/N-ethyl adjacent to an activating group) is 1. The zero-order valence-electron chi connectivity index (χ0n) is 52.1. The maximum absolute atomic E-state index is 15.1. The quantitative estimate of drug-likeness (QED) is 0.0140. The second kappa shape index (κ2) is 32.6. The summed E-state index contributed by atoms with van der Waals surface area (Å²) in [5.74, 6) is -7.58. The highest BCUT2D eigenvalue weighted by molar-refractivity contribution is 6.00. The summed E-state index contributed by atoms with van der Waals surface area (Å²) in [5.41, 5.74) is 14.6. The highest BCUT2D eigenvalue weighted by atomic mass is 16.3. The number of phenolic OH excluding ortho intramolecular Hbond substituents is 1. The van der Waals surface area contributed by atoms with Crippen LogP contribution in [0, 0.1) is 5.92 Å². The molecule has 29 nitrogen and oxygen atoms in total. The van der Waals surface area contributed by atoms with Crippen LogP contribution >= 0.6 is 0 Å².